The van der Waals surface area contributed by atoms with Gasteiger partial charge in [-0.1, -0.05) is 91.0 Å². The third-order valence-corrected chi connectivity index (χ3v) is 5.92. The topological polar surface area (TPSA) is 23.5 Å². The summed E-state index contributed by atoms with van der Waals surface area (Å²) in [4.78, 5) is 2.49. The van der Waals surface area contributed by atoms with Crippen molar-refractivity contribution >= 4 is 0 Å². The summed E-state index contributed by atoms with van der Waals surface area (Å²) in [6.45, 7) is 1.95. The van der Waals surface area contributed by atoms with Gasteiger partial charge in [-0.25, -0.2) is 0 Å². The molecule has 1 heterocycles. The van der Waals surface area contributed by atoms with Crippen LogP contribution in [0, 0.1) is 0 Å². The molecule has 3 aromatic rings. The molecule has 0 aliphatic carbocycles. The Morgan fingerprint density at radius 3 is 1.68 bits per heavy atom. The molecule has 144 valence electrons. The van der Waals surface area contributed by atoms with E-state index in [2.05, 4.69) is 83.8 Å². The van der Waals surface area contributed by atoms with E-state index in [0.717, 1.165) is 25.9 Å². The van der Waals surface area contributed by atoms with Crippen LogP contribution in [0.15, 0.2) is 91.0 Å². The molecule has 1 unspecified atom stereocenters. The van der Waals surface area contributed by atoms with Gasteiger partial charge in [0.25, 0.3) is 0 Å². The Kier molecular flexibility index (Phi) is 5.90. The summed E-state index contributed by atoms with van der Waals surface area (Å²) in [6.07, 6.45) is 3.55. The number of likely N-dealkylation sites (tertiary alicyclic amines) is 1. The van der Waals surface area contributed by atoms with Crippen LogP contribution >= 0.6 is 0 Å². The number of hydrogen-bond acceptors (Lipinski definition) is 2. The van der Waals surface area contributed by atoms with Gasteiger partial charge < -0.3 is 5.11 Å². The molecule has 1 saturated heterocycles. The van der Waals surface area contributed by atoms with Gasteiger partial charge in [0.1, 0.15) is 0 Å². The minimum Gasteiger partial charge on any atom is -0.388 e. The minimum absolute atomic E-state index is 0.160. The smallest absolute Gasteiger partial charge is 0.0882 e. The monoisotopic (exact) mass is 371 g/mol. The maximum Gasteiger partial charge on any atom is 0.0882 e. The fraction of sp³-hybridized carbons (Fsp3) is 0.308. The molecule has 0 bridgehead atoms. The highest BCUT2D eigenvalue weighted by atomic mass is 16.3. The third-order valence-electron chi connectivity index (χ3n) is 5.92. The van der Waals surface area contributed by atoms with Crippen molar-refractivity contribution in [3.63, 3.8) is 0 Å². The van der Waals surface area contributed by atoms with Crippen molar-refractivity contribution in [3.8, 4) is 0 Å². The van der Waals surface area contributed by atoms with E-state index in [0.29, 0.717) is 12.8 Å². The summed E-state index contributed by atoms with van der Waals surface area (Å²) < 4.78 is 0. The molecule has 0 radical (unpaired) electrons. The lowest BCUT2D eigenvalue weighted by Gasteiger charge is -2.40. The van der Waals surface area contributed by atoms with Gasteiger partial charge in [0.15, 0.2) is 0 Å². The van der Waals surface area contributed by atoms with Gasteiger partial charge in [0, 0.05) is 25.4 Å². The molecule has 28 heavy (non-hydrogen) atoms. The molecule has 3 aromatic carbocycles. The molecule has 0 amide bonds. The summed E-state index contributed by atoms with van der Waals surface area (Å²) >= 11 is 0. The second-order valence-corrected chi connectivity index (χ2v) is 8.04. The van der Waals surface area contributed by atoms with Gasteiger partial charge in [-0.3, -0.25) is 4.90 Å². The maximum absolute atomic E-state index is 12.0. The van der Waals surface area contributed by atoms with Crippen LogP contribution in [0.3, 0.4) is 0 Å². The molecule has 0 saturated carbocycles. The predicted octanol–water partition coefficient (Wildman–Crippen LogP) is 4.87. The molecule has 1 N–H and O–H groups in total. The van der Waals surface area contributed by atoms with Crippen molar-refractivity contribution in [2.24, 2.45) is 0 Å². The Labute approximate surface area is 168 Å². The van der Waals surface area contributed by atoms with Crippen molar-refractivity contribution in [1.82, 2.24) is 4.90 Å². The fourth-order valence-electron chi connectivity index (χ4n) is 4.64. The number of nitrogens with zero attached hydrogens (tertiary/aromatic N) is 1. The maximum atomic E-state index is 12.0. The highest BCUT2D eigenvalue weighted by Crippen LogP contribution is 2.34. The minimum atomic E-state index is -0.784. The van der Waals surface area contributed by atoms with Crippen molar-refractivity contribution in [2.75, 3.05) is 6.54 Å². The van der Waals surface area contributed by atoms with Crippen molar-refractivity contribution < 1.29 is 5.11 Å². The lowest BCUT2D eigenvalue weighted by Crippen LogP contribution is -2.52. The molecule has 2 nitrogen and oxygen atoms in total. The Morgan fingerprint density at radius 2 is 1.18 bits per heavy atom. The molecule has 1 aliphatic rings. The highest BCUT2D eigenvalue weighted by Gasteiger charge is 2.42. The fourth-order valence-corrected chi connectivity index (χ4v) is 4.64. The van der Waals surface area contributed by atoms with Crippen LogP contribution in [0.1, 0.15) is 29.5 Å². The molecule has 4 rings (SSSR count). The van der Waals surface area contributed by atoms with Gasteiger partial charge in [0.2, 0.25) is 0 Å². The van der Waals surface area contributed by atoms with Crippen LogP contribution in [-0.2, 0) is 19.4 Å². The largest absolute Gasteiger partial charge is 0.388 e. The van der Waals surface area contributed by atoms with E-state index in [1.165, 1.54) is 16.7 Å². The van der Waals surface area contributed by atoms with Gasteiger partial charge >= 0.3 is 0 Å². The molecule has 1 fully saturated rings. The number of hydrogen-bond donors (Lipinski definition) is 1. The summed E-state index contributed by atoms with van der Waals surface area (Å²) in [5.74, 6) is 0. The first-order chi connectivity index (χ1) is 13.7. The summed E-state index contributed by atoms with van der Waals surface area (Å²) in [5, 5.41) is 12.0. The third kappa shape index (κ3) is 4.52. The molecular formula is C26H29NO. The van der Waals surface area contributed by atoms with Crippen LogP contribution in [-0.4, -0.2) is 28.2 Å². The van der Waals surface area contributed by atoms with Gasteiger partial charge in [0.05, 0.1) is 5.60 Å². The molecule has 0 aromatic heterocycles. The van der Waals surface area contributed by atoms with E-state index in [-0.39, 0.29) is 6.04 Å². The number of aliphatic hydroxyl groups is 1. The standard InChI is InChI=1S/C26H29NO/c28-26(19-22-11-4-1-5-12-22,20-23-13-6-2-7-14-23)25-17-10-18-27(25)21-24-15-8-3-9-16-24/h1-9,11-16,25,28H,10,17-21H2. The van der Waals surface area contributed by atoms with E-state index >= 15 is 0 Å². The Balaban J connectivity index is 1.61. The number of benzene rings is 3. The van der Waals surface area contributed by atoms with E-state index in [1.54, 1.807) is 0 Å². The Morgan fingerprint density at radius 1 is 0.714 bits per heavy atom. The SMILES string of the molecule is OC(Cc1ccccc1)(Cc1ccccc1)C1CCCN1Cc1ccccc1. The molecule has 0 spiro atoms. The summed E-state index contributed by atoms with van der Waals surface area (Å²) in [7, 11) is 0. The Bertz CT molecular complexity index is 806. The van der Waals surface area contributed by atoms with Crippen LogP contribution in [0.4, 0.5) is 0 Å². The summed E-state index contributed by atoms with van der Waals surface area (Å²) in [5.41, 5.74) is 2.93. The zero-order valence-electron chi connectivity index (χ0n) is 16.4. The van der Waals surface area contributed by atoms with Crippen LogP contribution in [0.25, 0.3) is 0 Å². The number of rotatable bonds is 7. The van der Waals surface area contributed by atoms with Gasteiger partial charge in [-0.15, -0.1) is 0 Å². The lowest BCUT2D eigenvalue weighted by atomic mass is 9.80. The summed E-state index contributed by atoms with van der Waals surface area (Å²) in [6, 6.07) is 31.6. The molecule has 2 heteroatoms. The normalized spacial score (nSPS) is 17.7. The first-order valence-electron chi connectivity index (χ1n) is 10.3. The van der Waals surface area contributed by atoms with Crippen LogP contribution in [0.5, 0.6) is 0 Å². The van der Waals surface area contributed by atoms with E-state index in [9.17, 15) is 5.11 Å². The van der Waals surface area contributed by atoms with Crippen LogP contribution < -0.4 is 0 Å². The zero-order valence-corrected chi connectivity index (χ0v) is 16.4. The van der Waals surface area contributed by atoms with Gasteiger partial charge in [-0.2, -0.15) is 0 Å². The first-order valence-corrected chi connectivity index (χ1v) is 10.3. The van der Waals surface area contributed by atoms with E-state index in [1.807, 2.05) is 12.1 Å². The lowest BCUT2D eigenvalue weighted by molar-refractivity contribution is -0.0354. The second-order valence-electron chi connectivity index (χ2n) is 8.04. The highest BCUT2D eigenvalue weighted by molar-refractivity contribution is 5.24. The predicted molar refractivity (Wildman–Crippen MR) is 115 cm³/mol. The average Bonchev–Trinajstić information content (AvgIpc) is 3.19. The molecular weight excluding hydrogens is 342 g/mol. The zero-order chi connectivity index (χ0) is 19.2. The Hall–Kier alpha value is -2.42. The van der Waals surface area contributed by atoms with Crippen molar-refractivity contribution in [2.45, 2.75) is 43.9 Å². The first kappa shape index (κ1) is 18.9. The molecule has 1 aliphatic heterocycles. The van der Waals surface area contributed by atoms with Crippen molar-refractivity contribution in [1.29, 1.82) is 0 Å². The van der Waals surface area contributed by atoms with E-state index < -0.39 is 5.60 Å². The van der Waals surface area contributed by atoms with E-state index in [4.69, 9.17) is 0 Å². The second kappa shape index (κ2) is 8.72. The van der Waals surface area contributed by atoms with Crippen molar-refractivity contribution in [3.05, 3.63) is 108 Å². The van der Waals surface area contributed by atoms with Crippen LogP contribution in [0.2, 0.25) is 0 Å². The molecule has 1 atom stereocenters. The van der Waals surface area contributed by atoms with Gasteiger partial charge in [-0.05, 0) is 36.1 Å². The average molecular weight is 372 g/mol. The quantitative estimate of drug-likeness (QED) is 0.641.